The van der Waals surface area contributed by atoms with Gasteiger partial charge in [0.15, 0.2) is 0 Å². The summed E-state index contributed by atoms with van der Waals surface area (Å²) in [6.07, 6.45) is 1.54. The minimum absolute atomic E-state index is 0.0261. The summed E-state index contributed by atoms with van der Waals surface area (Å²) in [5.74, 6) is -2.64. The largest absolute Gasteiger partial charge is 0.469 e. The molecule has 0 rings (SSSR count). The van der Waals surface area contributed by atoms with Gasteiger partial charge in [0, 0.05) is 58.4 Å². The van der Waals surface area contributed by atoms with Gasteiger partial charge in [0.05, 0.1) is 53.4 Å². The fourth-order valence-electron chi connectivity index (χ4n) is 3.29. The number of methoxy groups -OCH3 is 3. The van der Waals surface area contributed by atoms with Crippen LogP contribution >= 0.6 is 0 Å². The third-order valence-corrected chi connectivity index (χ3v) is 5.75. The molecule has 15 heteroatoms. The number of ether oxygens (including phenoxy) is 6. The minimum atomic E-state index is -0.572. The summed E-state index contributed by atoms with van der Waals surface area (Å²) >= 11 is 0. The summed E-state index contributed by atoms with van der Waals surface area (Å²) in [7, 11) is 3.87. The number of hydrogen-bond donors (Lipinski definition) is 1. The van der Waals surface area contributed by atoms with Crippen LogP contribution in [0.5, 0.6) is 0 Å². The second-order valence-electron chi connectivity index (χ2n) is 8.72. The van der Waals surface area contributed by atoms with Crippen LogP contribution in [0.4, 0.5) is 0 Å². The van der Waals surface area contributed by atoms with Gasteiger partial charge < -0.3 is 33.7 Å². The summed E-state index contributed by atoms with van der Waals surface area (Å²) < 4.78 is 29.3. The van der Waals surface area contributed by atoms with E-state index in [0.29, 0.717) is 26.2 Å². The number of esters is 6. The number of nitrogens with zero attached hydrogens (tertiary/aromatic N) is 2. The van der Waals surface area contributed by atoms with Gasteiger partial charge in [-0.2, -0.15) is 0 Å². The third-order valence-electron chi connectivity index (χ3n) is 5.75. The maximum atomic E-state index is 12.3. The number of rotatable bonds is 25. The third kappa shape index (κ3) is 22.2. The van der Waals surface area contributed by atoms with E-state index in [1.54, 1.807) is 9.80 Å². The van der Waals surface area contributed by atoms with Gasteiger partial charge in [-0.1, -0.05) is 6.58 Å². The Hall–Kier alpha value is -3.56. The van der Waals surface area contributed by atoms with Gasteiger partial charge >= 0.3 is 35.8 Å². The van der Waals surface area contributed by atoms with Crippen LogP contribution in [-0.4, -0.2) is 139 Å². The highest BCUT2D eigenvalue weighted by atomic mass is 16.5. The Labute approximate surface area is 246 Å². The van der Waals surface area contributed by atoms with E-state index < -0.39 is 29.8 Å². The molecule has 0 fully saturated rings. The first-order chi connectivity index (χ1) is 20.1. The van der Waals surface area contributed by atoms with Gasteiger partial charge in [0.2, 0.25) is 0 Å². The van der Waals surface area contributed by atoms with Gasteiger partial charge in [-0.05, 0) is 0 Å². The molecule has 0 atom stereocenters. The monoisotopic (exact) mass is 603 g/mol. The maximum Gasteiger partial charge on any atom is 0.330 e. The van der Waals surface area contributed by atoms with E-state index in [9.17, 15) is 28.8 Å². The van der Waals surface area contributed by atoms with Crippen LogP contribution in [0, 0.1) is 0 Å². The van der Waals surface area contributed by atoms with Crippen LogP contribution in [0.2, 0.25) is 0 Å². The Kier molecular flexibility index (Phi) is 23.0. The summed E-state index contributed by atoms with van der Waals surface area (Å²) in [6.45, 7) is 6.02. The molecule has 0 aliphatic heterocycles. The number of hydrogen-bond acceptors (Lipinski definition) is 15. The molecule has 0 radical (unpaired) electrons. The molecule has 0 unspecified atom stereocenters. The SMILES string of the molecule is C=CC(=O)OCCN(CCC(=O)OC)CCC(=O)OCCN(CCC(=O)OC)CCC(=O)OCCNCCC(=O)OC. The van der Waals surface area contributed by atoms with E-state index in [1.165, 1.54) is 21.3 Å². The van der Waals surface area contributed by atoms with Crippen LogP contribution < -0.4 is 5.32 Å². The molecule has 42 heavy (non-hydrogen) atoms. The fourth-order valence-corrected chi connectivity index (χ4v) is 3.29. The summed E-state index contributed by atoms with van der Waals surface area (Å²) in [4.78, 5) is 73.4. The molecule has 0 heterocycles. The van der Waals surface area contributed by atoms with Crippen LogP contribution in [-0.2, 0) is 57.2 Å². The Bertz CT molecular complexity index is 852. The van der Waals surface area contributed by atoms with E-state index in [-0.39, 0.29) is 84.1 Å². The zero-order chi connectivity index (χ0) is 31.6. The molecule has 240 valence electrons. The average molecular weight is 604 g/mol. The molecule has 0 amide bonds. The van der Waals surface area contributed by atoms with Crippen molar-refractivity contribution >= 4 is 35.8 Å². The van der Waals surface area contributed by atoms with Crippen molar-refractivity contribution in [1.29, 1.82) is 0 Å². The summed E-state index contributed by atoms with van der Waals surface area (Å²) in [5, 5.41) is 2.96. The number of carbonyl (C=O) groups excluding carboxylic acids is 6. The van der Waals surface area contributed by atoms with Gasteiger partial charge in [0.25, 0.3) is 0 Å². The fraction of sp³-hybridized carbons (Fsp3) is 0.704. The molecule has 0 aromatic carbocycles. The van der Waals surface area contributed by atoms with Gasteiger partial charge in [-0.15, -0.1) is 0 Å². The van der Waals surface area contributed by atoms with Crippen molar-refractivity contribution in [3.8, 4) is 0 Å². The first-order valence-corrected chi connectivity index (χ1v) is 13.6. The lowest BCUT2D eigenvalue weighted by molar-refractivity contribution is -0.147. The van der Waals surface area contributed by atoms with E-state index >= 15 is 0 Å². The molecule has 0 bridgehead atoms. The predicted octanol–water partition coefficient (Wildman–Crippen LogP) is -0.535. The smallest absolute Gasteiger partial charge is 0.330 e. The van der Waals surface area contributed by atoms with Crippen molar-refractivity contribution in [2.24, 2.45) is 0 Å². The Morgan fingerprint density at radius 2 is 0.952 bits per heavy atom. The van der Waals surface area contributed by atoms with Gasteiger partial charge in [-0.3, -0.25) is 33.8 Å². The second-order valence-corrected chi connectivity index (χ2v) is 8.72. The lowest BCUT2D eigenvalue weighted by Gasteiger charge is -2.22. The lowest BCUT2D eigenvalue weighted by atomic mass is 10.3. The van der Waals surface area contributed by atoms with Crippen LogP contribution in [0.25, 0.3) is 0 Å². The molecule has 0 aromatic heterocycles. The molecule has 0 spiro atoms. The number of carbonyl (C=O) groups is 6. The van der Waals surface area contributed by atoms with Crippen LogP contribution in [0.15, 0.2) is 12.7 Å². The van der Waals surface area contributed by atoms with Crippen LogP contribution in [0.3, 0.4) is 0 Å². The second kappa shape index (κ2) is 25.2. The van der Waals surface area contributed by atoms with Crippen LogP contribution in [0.1, 0.15) is 32.1 Å². The van der Waals surface area contributed by atoms with Gasteiger partial charge in [-0.25, -0.2) is 4.79 Å². The van der Waals surface area contributed by atoms with Crippen molar-refractivity contribution in [2.75, 3.05) is 93.5 Å². The van der Waals surface area contributed by atoms with Crippen molar-refractivity contribution in [3.05, 3.63) is 12.7 Å². The molecule has 0 aliphatic rings. The van der Waals surface area contributed by atoms with E-state index in [1.807, 2.05) is 0 Å². The highest BCUT2D eigenvalue weighted by Crippen LogP contribution is 2.01. The Morgan fingerprint density at radius 3 is 1.40 bits per heavy atom. The molecule has 0 aliphatic carbocycles. The minimum Gasteiger partial charge on any atom is -0.469 e. The first-order valence-electron chi connectivity index (χ1n) is 13.6. The Morgan fingerprint density at radius 1 is 0.548 bits per heavy atom. The summed E-state index contributed by atoms with van der Waals surface area (Å²) in [6, 6.07) is 0. The number of nitrogens with one attached hydrogen (secondary N) is 1. The zero-order valence-electron chi connectivity index (χ0n) is 24.9. The van der Waals surface area contributed by atoms with Crippen molar-refractivity contribution in [1.82, 2.24) is 15.1 Å². The normalized spacial score (nSPS) is 10.6. The standard InChI is InChI=1S/C27H45N3O12/c1-5-22(31)41-20-17-29(13-7-24(33)38-3)16-10-27(36)42-21-18-30(14-8-25(34)39-4)15-9-26(35)40-19-12-28-11-6-23(32)37-2/h5,28H,1,6-21H2,2-4H3. The average Bonchev–Trinajstić information content (AvgIpc) is 2.99. The molecule has 0 saturated carbocycles. The summed E-state index contributed by atoms with van der Waals surface area (Å²) in [5.41, 5.74) is 0. The quantitative estimate of drug-likeness (QED) is 0.0609. The molecular formula is C27H45N3O12. The van der Waals surface area contributed by atoms with Crippen molar-refractivity contribution < 1.29 is 57.2 Å². The zero-order valence-corrected chi connectivity index (χ0v) is 24.9. The van der Waals surface area contributed by atoms with E-state index in [2.05, 4.69) is 26.1 Å². The molecule has 0 aromatic rings. The maximum absolute atomic E-state index is 12.3. The topological polar surface area (TPSA) is 176 Å². The van der Waals surface area contributed by atoms with Gasteiger partial charge in [0.1, 0.15) is 19.8 Å². The van der Waals surface area contributed by atoms with Crippen molar-refractivity contribution in [3.63, 3.8) is 0 Å². The highest BCUT2D eigenvalue weighted by Gasteiger charge is 2.15. The highest BCUT2D eigenvalue weighted by molar-refractivity contribution is 5.81. The molecular weight excluding hydrogens is 558 g/mol. The molecule has 15 nitrogen and oxygen atoms in total. The van der Waals surface area contributed by atoms with E-state index in [4.69, 9.17) is 14.2 Å². The van der Waals surface area contributed by atoms with E-state index in [0.717, 1.165) is 6.08 Å². The lowest BCUT2D eigenvalue weighted by Crippen LogP contribution is -2.34. The molecule has 0 saturated heterocycles. The molecule has 1 N–H and O–H groups in total. The predicted molar refractivity (Wildman–Crippen MR) is 148 cm³/mol. The van der Waals surface area contributed by atoms with Crippen molar-refractivity contribution in [2.45, 2.75) is 32.1 Å². The Balaban J connectivity index is 4.57. The first kappa shape index (κ1) is 38.4.